The lowest BCUT2D eigenvalue weighted by Gasteiger charge is -2.17. The number of nitrogens with zero attached hydrogens (tertiary/aromatic N) is 1. The van der Waals surface area contributed by atoms with E-state index in [0.29, 0.717) is 22.4 Å². The smallest absolute Gasteiger partial charge is 0.255 e. The first-order valence-electron chi connectivity index (χ1n) is 10.9. The Kier molecular flexibility index (Phi) is 6.70. The second-order valence-corrected chi connectivity index (χ2v) is 7.99. The van der Waals surface area contributed by atoms with Gasteiger partial charge in [-0.05, 0) is 77.6 Å². The van der Waals surface area contributed by atoms with Gasteiger partial charge in [-0.2, -0.15) is 0 Å². The molecule has 0 spiro atoms. The first-order chi connectivity index (χ1) is 16.4. The minimum absolute atomic E-state index is 0.0610. The number of methoxy groups -OCH3 is 1. The van der Waals surface area contributed by atoms with Crippen molar-refractivity contribution in [3.63, 3.8) is 0 Å². The van der Waals surface area contributed by atoms with Crippen LogP contribution in [0.2, 0.25) is 0 Å². The number of rotatable bonds is 6. The first-order valence-corrected chi connectivity index (χ1v) is 10.9. The number of pyridine rings is 1. The summed E-state index contributed by atoms with van der Waals surface area (Å²) in [5, 5.41) is 2.99. The molecule has 0 unspecified atom stereocenters. The van der Waals surface area contributed by atoms with Gasteiger partial charge in [-0.1, -0.05) is 30.3 Å². The maximum Gasteiger partial charge on any atom is 0.255 e. The van der Waals surface area contributed by atoms with E-state index in [1.54, 1.807) is 24.5 Å². The number of carbonyl (C=O) groups is 1. The number of hydrogen-bond donors (Lipinski definition) is 2. The molecule has 6 heteroatoms. The molecule has 3 N–H and O–H groups in total. The predicted molar refractivity (Wildman–Crippen MR) is 133 cm³/mol. The normalized spacial score (nSPS) is 10.7. The number of nitrogens with one attached hydrogen (secondary N) is 1. The van der Waals surface area contributed by atoms with Crippen LogP contribution in [0.25, 0.3) is 22.3 Å². The lowest BCUT2D eigenvalue weighted by atomic mass is 9.90. The second kappa shape index (κ2) is 9.85. The zero-order valence-corrected chi connectivity index (χ0v) is 19.4. The SMILES string of the molecule is COc1cc(-c2cccc(-c3cccc(NC(=O)c4ccncc4)c3C)c2C)cc(F)c1CN. The van der Waals surface area contributed by atoms with Crippen molar-refractivity contribution in [2.24, 2.45) is 5.73 Å². The number of benzene rings is 3. The van der Waals surface area contributed by atoms with Crippen molar-refractivity contribution < 1.29 is 13.9 Å². The van der Waals surface area contributed by atoms with Gasteiger partial charge in [0.2, 0.25) is 0 Å². The van der Waals surface area contributed by atoms with E-state index in [2.05, 4.69) is 10.3 Å². The Bertz CT molecular complexity index is 1350. The number of halogens is 1. The molecule has 0 atom stereocenters. The summed E-state index contributed by atoms with van der Waals surface area (Å²) in [6.07, 6.45) is 3.18. The van der Waals surface area contributed by atoms with Crippen molar-refractivity contribution in [1.82, 2.24) is 4.98 Å². The summed E-state index contributed by atoms with van der Waals surface area (Å²) in [6, 6.07) is 18.4. The molecule has 0 saturated carbocycles. The molecule has 0 aliphatic rings. The van der Waals surface area contributed by atoms with Crippen LogP contribution in [0.5, 0.6) is 5.75 Å². The van der Waals surface area contributed by atoms with Crippen molar-refractivity contribution in [1.29, 1.82) is 0 Å². The molecule has 0 fully saturated rings. The van der Waals surface area contributed by atoms with E-state index in [-0.39, 0.29) is 12.5 Å². The first kappa shape index (κ1) is 23.1. The molecule has 4 rings (SSSR count). The number of ether oxygens (including phenoxy) is 1. The van der Waals surface area contributed by atoms with Gasteiger partial charge in [0.25, 0.3) is 5.91 Å². The molecular formula is C28H26FN3O2. The maximum absolute atomic E-state index is 14.7. The predicted octanol–water partition coefficient (Wildman–Crippen LogP) is 5.89. The van der Waals surface area contributed by atoms with E-state index in [4.69, 9.17) is 10.5 Å². The summed E-state index contributed by atoms with van der Waals surface area (Å²) >= 11 is 0. The molecule has 0 aliphatic heterocycles. The van der Waals surface area contributed by atoms with Crippen LogP contribution in [-0.4, -0.2) is 18.0 Å². The minimum Gasteiger partial charge on any atom is -0.496 e. The third-order valence-electron chi connectivity index (χ3n) is 6.04. The van der Waals surface area contributed by atoms with E-state index >= 15 is 0 Å². The van der Waals surface area contributed by atoms with Gasteiger partial charge in [0.05, 0.1) is 7.11 Å². The molecule has 5 nitrogen and oxygen atoms in total. The molecule has 1 aromatic heterocycles. The van der Waals surface area contributed by atoms with Crippen LogP contribution in [-0.2, 0) is 6.54 Å². The topological polar surface area (TPSA) is 77.2 Å². The van der Waals surface area contributed by atoms with Gasteiger partial charge in [0, 0.05) is 35.8 Å². The van der Waals surface area contributed by atoms with E-state index in [0.717, 1.165) is 33.5 Å². The highest BCUT2D eigenvalue weighted by atomic mass is 19.1. The Hall–Kier alpha value is -4.03. The third kappa shape index (κ3) is 4.40. The van der Waals surface area contributed by atoms with Crippen LogP contribution in [0.15, 0.2) is 73.1 Å². The van der Waals surface area contributed by atoms with Crippen LogP contribution in [0.4, 0.5) is 10.1 Å². The number of hydrogen-bond acceptors (Lipinski definition) is 4. The molecule has 4 aromatic rings. The fraction of sp³-hybridized carbons (Fsp3) is 0.143. The van der Waals surface area contributed by atoms with Gasteiger partial charge in [-0.3, -0.25) is 9.78 Å². The van der Waals surface area contributed by atoms with E-state index < -0.39 is 5.82 Å². The van der Waals surface area contributed by atoms with Gasteiger partial charge in [-0.15, -0.1) is 0 Å². The molecule has 1 heterocycles. The zero-order chi connectivity index (χ0) is 24.2. The number of carbonyl (C=O) groups excluding carboxylic acids is 1. The Morgan fingerprint density at radius 2 is 1.62 bits per heavy atom. The largest absolute Gasteiger partial charge is 0.496 e. The summed E-state index contributed by atoms with van der Waals surface area (Å²) < 4.78 is 20.1. The molecule has 34 heavy (non-hydrogen) atoms. The Morgan fingerprint density at radius 1 is 0.971 bits per heavy atom. The van der Waals surface area contributed by atoms with Crippen LogP contribution in [0.3, 0.4) is 0 Å². The Balaban J connectivity index is 1.75. The molecular weight excluding hydrogens is 429 g/mol. The maximum atomic E-state index is 14.7. The van der Waals surface area contributed by atoms with Crippen molar-refractivity contribution >= 4 is 11.6 Å². The molecule has 0 radical (unpaired) electrons. The minimum atomic E-state index is -0.390. The van der Waals surface area contributed by atoms with Crippen molar-refractivity contribution in [3.05, 3.63) is 101 Å². The average molecular weight is 456 g/mol. The molecule has 3 aromatic carbocycles. The number of amides is 1. The number of nitrogens with two attached hydrogens (primary N) is 1. The highest BCUT2D eigenvalue weighted by molar-refractivity contribution is 6.05. The molecule has 0 saturated heterocycles. The molecule has 0 aliphatic carbocycles. The van der Waals surface area contributed by atoms with Gasteiger partial charge in [0.1, 0.15) is 11.6 Å². The second-order valence-electron chi connectivity index (χ2n) is 7.99. The Labute approximate surface area is 198 Å². The van der Waals surface area contributed by atoms with Crippen LogP contribution < -0.4 is 15.8 Å². The summed E-state index contributed by atoms with van der Waals surface area (Å²) in [5.41, 5.74) is 12.8. The van der Waals surface area contributed by atoms with Crippen LogP contribution in [0, 0.1) is 19.7 Å². The van der Waals surface area contributed by atoms with E-state index in [1.807, 2.05) is 56.3 Å². The van der Waals surface area contributed by atoms with Gasteiger partial charge < -0.3 is 15.8 Å². The summed E-state index contributed by atoms with van der Waals surface area (Å²) in [7, 11) is 1.51. The standard InChI is InChI=1S/C28H26FN3O2/c1-17-21(20-14-25(29)24(16-30)27(15-20)34-3)6-4-7-22(17)23-8-5-9-26(18(23)2)32-28(33)19-10-12-31-13-11-19/h4-15H,16,30H2,1-3H3,(H,32,33). The number of aromatic nitrogens is 1. The molecule has 1 amide bonds. The lowest BCUT2D eigenvalue weighted by molar-refractivity contribution is 0.102. The van der Waals surface area contributed by atoms with Gasteiger partial charge >= 0.3 is 0 Å². The third-order valence-corrected chi connectivity index (χ3v) is 6.04. The lowest BCUT2D eigenvalue weighted by Crippen LogP contribution is -2.13. The summed E-state index contributed by atoms with van der Waals surface area (Å²) in [6.45, 7) is 4.04. The number of anilines is 1. The highest BCUT2D eigenvalue weighted by Gasteiger charge is 2.16. The monoisotopic (exact) mass is 455 g/mol. The Morgan fingerprint density at radius 3 is 2.29 bits per heavy atom. The van der Waals surface area contributed by atoms with Crippen LogP contribution in [0.1, 0.15) is 27.0 Å². The summed E-state index contributed by atoms with van der Waals surface area (Å²) in [4.78, 5) is 16.6. The van der Waals surface area contributed by atoms with Crippen molar-refractivity contribution in [2.45, 2.75) is 20.4 Å². The molecule has 0 bridgehead atoms. The highest BCUT2D eigenvalue weighted by Crippen LogP contribution is 2.37. The fourth-order valence-corrected chi connectivity index (χ4v) is 4.15. The van der Waals surface area contributed by atoms with Crippen molar-refractivity contribution in [2.75, 3.05) is 12.4 Å². The average Bonchev–Trinajstić information content (AvgIpc) is 2.85. The van der Waals surface area contributed by atoms with Gasteiger partial charge in [0.15, 0.2) is 0 Å². The fourth-order valence-electron chi connectivity index (χ4n) is 4.15. The molecule has 172 valence electrons. The van der Waals surface area contributed by atoms with E-state index in [1.165, 1.54) is 13.2 Å². The summed E-state index contributed by atoms with van der Waals surface area (Å²) in [5.74, 6) is -0.159. The quantitative estimate of drug-likeness (QED) is 0.380. The zero-order valence-electron chi connectivity index (χ0n) is 19.4. The van der Waals surface area contributed by atoms with Crippen LogP contribution >= 0.6 is 0 Å². The van der Waals surface area contributed by atoms with Gasteiger partial charge in [-0.25, -0.2) is 4.39 Å². The van der Waals surface area contributed by atoms with E-state index in [9.17, 15) is 9.18 Å². The van der Waals surface area contributed by atoms with Crippen molar-refractivity contribution in [3.8, 4) is 28.0 Å².